The molecule has 9 heteroatoms. The van der Waals surface area contributed by atoms with E-state index in [-0.39, 0.29) is 22.4 Å². The van der Waals surface area contributed by atoms with E-state index in [1.54, 1.807) is 0 Å². The summed E-state index contributed by atoms with van der Waals surface area (Å²) in [7, 11) is 0. The monoisotopic (exact) mass is 415 g/mol. The maximum absolute atomic E-state index is 12.7. The Morgan fingerprint density at radius 1 is 0.700 bits per heavy atom. The van der Waals surface area contributed by atoms with Gasteiger partial charge in [-0.1, -0.05) is 0 Å². The van der Waals surface area contributed by atoms with Gasteiger partial charge in [-0.2, -0.15) is 13.2 Å². The Hall–Kier alpha value is -4.01. The minimum Gasteiger partial charge on any atom is -0.504 e. The molecule has 1 amide bonds. The van der Waals surface area contributed by atoms with Crippen LogP contribution < -0.4 is 0 Å². The van der Waals surface area contributed by atoms with Crippen molar-refractivity contribution in [2.75, 3.05) is 0 Å². The summed E-state index contributed by atoms with van der Waals surface area (Å²) in [4.78, 5) is 16.6. The average molecular weight is 415 g/mol. The van der Waals surface area contributed by atoms with E-state index in [2.05, 4.69) is 4.99 Å². The lowest BCUT2D eigenvalue weighted by molar-refractivity contribution is -0.137. The lowest BCUT2D eigenvalue weighted by Crippen LogP contribution is -2.07. The predicted molar refractivity (Wildman–Crippen MR) is 100.0 cm³/mol. The number of fused-ring (bicyclic) bond motifs is 3. The molecule has 0 unspecified atom stereocenters. The third-order valence-corrected chi connectivity index (χ3v) is 4.70. The number of amides is 1. The highest BCUT2D eigenvalue weighted by Crippen LogP contribution is 2.45. The van der Waals surface area contributed by atoms with Crippen molar-refractivity contribution in [1.82, 2.24) is 0 Å². The number of hydrogen-bond acceptors (Lipinski definition) is 5. The second kappa shape index (κ2) is 6.51. The second-order valence-corrected chi connectivity index (χ2v) is 6.61. The Balaban J connectivity index is 1.84. The summed E-state index contributed by atoms with van der Waals surface area (Å²) in [6.07, 6.45) is -4.55. The summed E-state index contributed by atoms with van der Waals surface area (Å²) >= 11 is 0. The summed E-state index contributed by atoms with van der Waals surface area (Å²) in [5, 5.41) is 39.3. The molecule has 1 aliphatic carbocycles. The number of benzene rings is 3. The van der Waals surface area contributed by atoms with Gasteiger partial charge in [-0.05, 0) is 59.7 Å². The molecule has 30 heavy (non-hydrogen) atoms. The number of nitrogens with zero attached hydrogens (tertiary/aromatic N) is 1. The topological polar surface area (TPSA) is 110 Å². The van der Waals surface area contributed by atoms with Gasteiger partial charge in [-0.15, -0.1) is 0 Å². The first kappa shape index (κ1) is 19.3. The number of alkyl halides is 3. The molecule has 0 aliphatic heterocycles. The molecule has 0 heterocycles. The molecule has 6 nitrogen and oxygen atoms in total. The zero-order chi connectivity index (χ0) is 21.8. The summed E-state index contributed by atoms with van der Waals surface area (Å²) in [5.74, 6) is -2.70. The highest BCUT2D eigenvalue weighted by molar-refractivity contribution is 6.28. The van der Waals surface area contributed by atoms with Gasteiger partial charge in [0.15, 0.2) is 23.0 Å². The highest BCUT2D eigenvalue weighted by atomic mass is 19.4. The van der Waals surface area contributed by atoms with E-state index in [9.17, 15) is 38.4 Å². The molecule has 4 rings (SSSR count). The van der Waals surface area contributed by atoms with Gasteiger partial charge >= 0.3 is 6.18 Å². The van der Waals surface area contributed by atoms with E-state index >= 15 is 0 Å². The van der Waals surface area contributed by atoms with Crippen LogP contribution in [0.1, 0.15) is 27.0 Å². The summed E-state index contributed by atoms with van der Waals surface area (Å²) in [6, 6.07) is 8.27. The number of aromatic hydroxyl groups is 4. The fourth-order valence-corrected chi connectivity index (χ4v) is 3.22. The number of carbonyl (C=O) groups is 1. The molecule has 0 saturated carbocycles. The molecule has 3 aromatic carbocycles. The van der Waals surface area contributed by atoms with Gasteiger partial charge in [-0.3, -0.25) is 4.79 Å². The molecule has 4 N–H and O–H groups in total. The molecule has 0 fully saturated rings. The molecule has 0 aromatic heterocycles. The Morgan fingerprint density at radius 3 is 1.50 bits per heavy atom. The molecule has 0 atom stereocenters. The molecular weight excluding hydrogens is 403 g/mol. The summed E-state index contributed by atoms with van der Waals surface area (Å²) in [6.45, 7) is 0. The lowest BCUT2D eigenvalue weighted by atomic mass is 10.0. The highest BCUT2D eigenvalue weighted by Gasteiger charge is 2.31. The molecular formula is C21H12F3NO5. The summed E-state index contributed by atoms with van der Waals surface area (Å²) in [5.41, 5.74) is 0.177. The van der Waals surface area contributed by atoms with E-state index in [1.807, 2.05) is 0 Å². The lowest BCUT2D eigenvalue weighted by Gasteiger charge is -2.07. The van der Waals surface area contributed by atoms with Crippen LogP contribution in [0.5, 0.6) is 23.0 Å². The van der Waals surface area contributed by atoms with Crippen molar-refractivity contribution in [3.8, 4) is 34.1 Å². The molecule has 0 saturated heterocycles. The number of phenolic OH excluding ortho intramolecular Hbond substituents is 4. The largest absolute Gasteiger partial charge is 0.504 e. The SMILES string of the molecule is O=C(N=C1c2cc(O)c(O)cc2-c2cc(O)c(O)cc21)c1ccc(C(F)(F)F)cc1. The number of hydrogen-bond donors (Lipinski definition) is 4. The Morgan fingerprint density at radius 2 is 1.10 bits per heavy atom. The zero-order valence-corrected chi connectivity index (χ0v) is 14.9. The van der Waals surface area contributed by atoms with Crippen LogP contribution in [0.2, 0.25) is 0 Å². The Bertz CT molecular complexity index is 1170. The minimum absolute atomic E-state index is 0.0236. The van der Waals surface area contributed by atoms with Gasteiger partial charge in [-0.25, -0.2) is 4.99 Å². The van der Waals surface area contributed by atoms with Crippen molar-refractivity contribution in [3.63, 3.8) is 0 Å². The fourth-order valence-electron chi connectivity index (χ4n) is 3.22. The first-order valence-corrected chi connectivity index (χ1v) is 8.49. The van der Waals surface area contributed by atoms with E-state index < -0.39 is 40.6 Å². The standard InChI is InChI=1S/C21H12F3NO5/c22-21(23,24)10-3-1-9(2-4-10)20(30)25-19-13-7-17(28)15(26)5-11(13)12-6-16(27)18(29)8-14(12)19/h1-8,26-29H. The van der Waals surface area contributed by atoms with Crippen molar-refractivity contribution in [3.05, 3.63) is 70.8 Å². The minimum atomic E-state index is -4.55. The second-order valence-electron chi connectivity index (χ2n) is 6.61. The number of rotatable bonds is 1. The smallest absolute Gasteiger partial charge is 0.416 e. The van der Waals surface area contributed by atoms with Crippen molar-refractivity contribution in [1.29, 1.82) is 0 Å². The first-order chi connectivity index (χ1) is 14.1. The summed E-state index contributed by atoms with van der Waals surface area (Å²) < 4.78 is 38.2. The number of phenols is 4. The Kier molecular flexibility index (Phi) is 4.19. The zero-order valence-electron chi connectivity index (χ0n) is 14.9. The molecule has 152 valence electrons. The third-order valence-electron chi connectivity index (χ3n) is 4.70. The predicted octanol–water partition coefficient (Wildman–Crippen LogP) is 4.19. The number of aliphatic imine (C=N–C) groups is 1. The Labute approximate surface area is 166 Å². The van der Waals surface area contributed by atoms with Crippen LogP contribution in [-0.2, 0) is 6.18 Å². The number of halogens is 3. The van der Waals surface area contributed by atoms with Crippen LogP contribution in [0.15, 0.2) is 53.5 Å². The van der Waals surface area contributed by atoms with Gasteiger partial charge in [0.05, 0.1) is 11.3 Å². The maximum atomic E-state index is 12.7. The van der Waals surface area contributed by atoms with Crippen LogP contribution >= 0.6 is 0 Å². The normalized spacial score (nSPS) is 12.4. The third kappa shape index (κ3) is 3.10. The molecule has 1 aliphatic rings. The van der Waals surface area contributed by atoms with Crippen molar-refractivity contribution in [2.45, 2.75) is 6.18 Å². The average Bonchev–Trinajstić information content (AvgIpc) is 2.94. The van der Waals surface area contributed by atoms with E-state index in [0.717, 1.165) is 36.4 Å². The fraction of sp³-hybridized carbons (Fsp3) is 0.0476. The van der Waals surface area contributed by atoms with Crippen LogP contribution in [-0.4, -0.2) is 32.0 Å². The van der Waals surface area contributed by atoms with Crippen LogP contribution in [0.4, 0.5) is 13.2 Å². The molecule has 0 spiro atoms. The van der Waals surface area contributed by atoms with Gasteiger partial charge in [0, 0.05) is 16.7 Å². The molecule has 0 bridgehead atoms. The van der Waals surface area contributed by atoms with Gasteiger partial charge in [0.1, 0.15) is 0 Å². The van der Waals surface area contributed by atoms with Gasteiger partial charge < -0.3 is 20.4 Å². The van der Waals surface area contributed by atoms with Crippen molar-refractivity contribution < 1.29 is 38.4 Å². The van der Waals surface area contributed by atoms with Crippen LogP contribution in [0.25, 0.3) is 11.1 Å². The van der Waals surface area contributed by atoms with E-state index in [4.69, 9.17) is 0 Å². The van der Waals surface area contributed by atoms with Gasteiger partial charge in [0.2, 0.25) is 0 Å². The van der Waals surface area contributed by atoms with E-state index in [0.29, 0.717) is 11.1 Å². The van der Waals surface area contributed by atoms with Gasteiger partial charge in [0.25, 0.3) is 5.91 Å². The molecule has 0 radical (unpaired) electrons. The van der Waals surface area contributed by atoms with Crippen molar-refractivity contribution >= 4 is 11.6 Å². The first-order valence-electron chi connectivity index (χ1n) is 8.49. The van der Waals surface area contributed by atoms with E-state index in [1.165, 1.54) is 12.1 Å². The molecule has 3 aromatic rings. The number of carbonyl (C=O) groups excluding carboxylic acids is 1. The van der Waals surface area contributed by atoms with Crippen molar-refractivity contribution in [2.24, 2.45) is 4.99 Å². The quantitative estimate of drug-likeness (QED) is 0.349. The van der Waals surface area contributed by atoms with Crippen LogP contribution in [0, 0.1) is 0 Å². The van der Waals surface area contributed by atoms with Crippen LogP contribution in [0.3, 0.4) is 0 Å². The maximum Gasteiger partial charge on any atom is 0.416 e.